The maximum atomic E-state index is 5.62. The van der Waals surface area contributed by atoms with Crippen LogP contribution >= 0.6 is 11.6 Å². The number of hydrogen-bond donors (Lipinski definition) is 0. The van der Waals surface area contributed by atoms with Gasteiger partial charge in [0.05, 0.1) is 0 Å². The maximum Gasteiger partial charge on any atom is 0.00344 e. The van der Waals surface area contributed by atoms with Crippen molar-refractivity contribution in [1.82, 2.24) is 0 Å². The molecule has 0 nitrogen and oxygen atoms in total. The molecule has 58 valence electrons. The van der Waals surface area contributed by atoms with E-state index in [9.17, 15) is 0 Å². The number of rotatable bonds is 1. The summed E-state index contributed by atoms with van der Waals surface area (Å²) in [5, 5.41) is 0. The van der Waals surface area contributed by atoms with Gasteiger partial charge in [-0.25, -0.2) is 0 Å². The van der Waals surface area contributed by atoms with Crippen LogP contribution in [0, 0.1) is 5.92 Å². The first kappa shape index (κ1) is 8.13. The van der Waals surface area contributed by atoms with Crippen LogP contribution < -0.4 is 0 Å². The van der Waals surface area contributed by atoms with Crippen molar-refractivity contribution in [3.05, 3.63) is 11.1 Å². The van der Waals surface area contributed by atoms with Crippen molar-refractivity contribution >= 4 is 11.6 Å². The molecular formula is C9H15Cl. The summed E-state index contributed by atoms with van der Waals surface area (Å²) in [4.78, 5) is 0. The first-order valence-electron chi connectivity index (χ1n) is 4.11. The zero-order valence-corrected chi connectivity index (χ0v) is 7.32. The third-order valence-electron chi connectivity index (χ3n) is 2.42. The van der Waals surface area contributed by atoms with Crippen molar-refractivity contribution in [2.45, 2.75) is 39.0 Å². The highest BCUT2D eigenvalue weighted by molar-refractivity contribution is 6.25. The summed E-state index contributed by atoms with van der Waals surface area (Å²) in [7, 11) is 0. The molecular weight excluding hydrogens is 144 g/mol. The lowest BCUT2D eigenvalue weighted by Crippen LogP contribution is -2.06. The predicted molar refractivity (Wildman–Crippen MR) is 46.2 cm³/mol. The van der Waals surface area contributed by atoms with E-state index in [1.54, 1.807) is 5.54 Å². The van der Waals surface area contributed by atoms with Crippen LogP contribution in [0.3, 0.4) is 0 Å². The molecule has 1 heteroatoms. The highest BCUT2D eigenvalue weighted by Gasteiger charge is 2.13. The fourth-order valence-electron chi connectivity index (χ4n) is 1.65. The average Bonchev–Trinajstić information content (AvgIpc) is 2.05. The van der Waals surface area contributed by atoms with Crippen LogP contribution in [0.2, 0.25) is 0 Å². The van der Waals surface area contributed by atoms with Gasteiger partial charge < -0.3 is 0 Å². The zero-order chi connectivity index (χ0) is 7.40. The monoisotopic (exact) mass is 158 g/mol. The molecule has 0 radical (unpaired) electrons. The molecule has 1 aliphatic carbocycles. The molecule has 1 fully saturated rings. The molecule has 0 spiro atoms. The van der Waals surface area contributed by atoms with E-state index >= 15 is 0 Å². The Morgan fingerprint density at radius 2 is 1.90 bits per heavy atom. The summed E-state index contributed by atoms with van der Waals surface area (Å²) < 4.78 is 0. The van der Waals surface area contributed by atoms with Gasteiger partial charge in [-0.15, -0.1) is 0 Å². The Morgan fingerprint density at radius 1 is 1.30 bits per heavy atom. The summed E-state index contributed by atoms with van der Waals surface area (Å²) in [5.41, 5.74) is 3.12. The Hall–Kier alpha value is 0.0300. The van der Waals surface area contributed by atoms with E-state index in [1.807, 2.05) is 0 Å². The molecule has 0 amide bonds. The van der Waals surface area contributed by atoms with E-state index in [2.05, 4.69) is 6.92 Å². The molecule has 1 saturated carbocycles. The summed E-state index contributed by atoms with van der Waals surface area (Å²) in [6, 6.07) is 0. The lowest BCUT2D eigenvalue weighted by Gasteiger charge is -2.21. The van der Waals surface area contributed by atoms with E-state index in [0.29, 0.717) is 0 Å². The molecule has 0 heterocycles. The van der Waals surface area contributed by atoms with E-state index < -0.39 is 0 Å². The topological polar surface area (TPSA) is 0 Å². The minimum absolute atomic E-state index is 0.797. The highest BCUT2D eigenvalue weighted by atomic mass is 35.5. The fraction of sp³-hybridized carbons (Fsp3) is 0.778. The lowest BCUT2D eigenvalue weighted by atomic mass is 9.85. The first-order valence-corrected chi connectivity index (χ1v) is 4.55. The van der Waals surface area contributed by atoms with Gasteiger partial charge in [0.2, 0.25) is 0 Å². The summed E-state index contributed by atoms with van der Waals surface area (Å²) in [6.07, 6.45) is 6.93. The molecule has 0 aromatic rings. The highest BCUT2D eigenvalue weighted by Crippen LogP contribution is 2.29. The van der Waals surface area contributed by atoms with Gasteiger partial charge in [0.25, 0.3) is 0 Å². The average molecular weight is 159 g/mol. The molecule has 0 N–H and O–H groups in total. The van der Waals surface area contributed by atoms with Crippen molar-refractivity contribution < 1.29 is 0 Å². The maximum absolute atomic E-state index is 5.62. The molecule has 0 aromatic carbocycles. The van der Waals surface area contributed by atoms with Gasteiger partial charge in [0, 0.05) is 5.54 Å². The van der Waals surface area contributed by atoms with Crippen LogP contribution in [0.15, 0.2) is 11.1 Å². The van der Waals surface area contributed by atoms with Gasteiger partial charge in [-0.1, -0.05) is 36.4 Å². The van der Waals surface area contributed by atoms with Gasteiger partial charge in [0.1, 0.15) is 0 Å². The molecule has 1 aliphatic rings. The minimum Gasteiger partial charge on any atom is -0.0930 e. The molecule has 0 atom stereocenters. The van der Waals surface area contributed by atoms with Crippen molar-refractivity contribution in [1.29, 1.82) is 0 Å². The fourth-order valence-corrected chi connectivity index (χ4v) is 1.83. The SMILES string of the molecule is CC(=CCl)C1CCCCC1. The van der Waals surface area contributed by atoms with Gasteiger partial charge >= 0.3 is 0 Å². The minimum atomic E-state index is 0.797. The van der Waals surface area contributed by atoms with Crippen LogP contribution in [-0.4, -0.2) is 0 Å². The summed E-state index contributed by atoms with van der Waals surface area (Å²) >= 11 is 5.62. The van der Waals surface area contributed by atoms with Crippen LogP contribution in [0.25, 0.3) is 0 Å². The first-order chi connectivity index (χ1) is 4.84. The van der Waals surface area contributed by atoms with Crippen LogP contribution in [0.5, 0.6) is 0 Å². The third kappa shape index (κ3) is 2.02. The number of halogens is 1. The van der Waals surface area contributed by atoms with Gasteiger partial charge in [-0.05, 0) is 25.7 Å². The molecule has 0 aliphatic heterocycles. The molecule has 1 rings (SSSR count). The summed E-state index contributed by atoms with van der Waals surface area (Å²) in [6.45, 7) is 2.14. The van der Waals surface area contributed by atoms with Crippen LogP contribution in [0.1, 0.15) is 39.0 Å². The Labute approximate surface area is 68.3 Å². The van der Waals surface area contributed by atoms with Crippen LogP contribution in [0.4, 0.5) is 0 Å². The van der Waals surface area contributed by atoms with Gasteiger partial charge in [-0.3, -0.25) is 0 Å². The third-order valence-corrected chi connectivity index (χ3v) is 2.77. The zero-order valence-electron chi connectivity index (χ0n) is 6.57. The molecule has 0 unspecified atom stereocenters. The lowest BCUT2D eigenvalue weighted by molar-refractivity contribution is 0.403. The van der Waals surface area contributed by atoms with Crippen molar-refractivity contribution in [3.8, 4) is 0 Å². The second-order valence-electron chi connectivity index (χ2n) is 3.19. The summed E-state index contributed by atoms with van der Waals surface area (Å²) in [5.74, 6) is 0.797. The second-order valence-corrected chi connectivity index (χ2v) is 3.41. The normalized spacial score (nSPS) is 23.2. The second kappa shape index (κ2) is 4.02. The van der Waals surface area contributed by atoms with Crippen LogP contribution in [-0.2, 0) is 0 Å². The number of allylic oxidation sites excluding steroid dienone is 1. The molecule has 0 saturated heterocycles. The molecule has 0 bridgehead atoms. The van der Waals surface area contributed by atoms with Gasteiger partial charge in [-0.2, -0.15) is 0 Å². The Morgan fingerprint density at radius 3 is 2.40 bits per heavy atom. The standard InChI is InChI=1S/C9H15Cl/c1-8(7-10)9-5-3-2-4-6-9/h7,9H,2-6H2,1H3. The van der Waals surface area contributed by atoms with E-state index in [0.717, 1.165) is 5.92 Å². The largest absolute Gasteiger partial charge is 0.0930 e. The molecule has 10 heavy (non-hydrogen) atoms. The smallest absolute Gasteiger partial charge is 0.00344 e. The van der Waals surface area contributed by atoms with E-state index in [4.69, 9.17) is 11.6 Å². The quantitative estimate of drug-likeness (QED) is 0.546. The number of hydrogen-bond acceptors (Lipinski definition) is 0. The predicted octanol–water partition coefficient (Wildman–Crippen LogP) is 3.71. The van der Waals surface area contributed by atoms with Gasteiger partial charge in [0.15, 0.2) is 0 Å². The van der Waals surface area contributed by atoms with E-state index in [1.165, 1.54) is 37.7 Å². The van der Waals surface area contributed by atoms with Crippen molar-refractivity contribution in [3.63, 3.8) is 0 Å². The molecule has 0 aromatic heterocycles. The Kier molecular flexibility index (Phi) is 3.27. The van der Waals surface area contributed by atoms with E-state index in [-0.39, 0.29) is 0 Å². The van der Waals surface area contributed by atoms with Crippen molar-refractivity contribution in [2.24, 2.45) is 5.92 Å². The Balaban J connectivity index is 2.39. The Bertz CT molecular complexity index is 121. The van der Waals surface area contributed by atoms with Crippen molar-refractivity contribution in [2.75, 3.05) is 0 Å².